The summed E-state index contributed by atoms with van der Waals surface area (Å²) in [5.74, 6) is -0.735. The van der Waals surface area contributed by atoms with E-state index in [0.717, 1.165) is 0 Å². The Morgan fingerprint density at radius 2 is 2.18 bits per heavy atom. The first-order valence-electron chi connectivity index (χ1n) is 3.25. The van der Waals surface area contributed by atoms with Gasteiger partial charge in [0.15, 0.2) is 0 Å². The summed E-state index contributed by atoms with van der Waals surface area (Å²) in [6.07, 6.45) is 0. The number of carbonyl (C=O) groups excluding carboxylic acids is 1. The molecule has 62 valence electrons. The Labute approximate surface area is 65.0 Å². The minimum absolute atomic E-state index is 0.354. The van der Waals surface area contributed by atoms with Crippen molar-refractivity contribution in [1.29, 1.82) is 0 Å². The second-order valence-corrected chi connectivity index (χ2v) is 2.26. The van der Waals surface area contributed by atoms with E-state index < -0.39 is 0 Å². The molecule has 0 aliphatic rings. The van der Waals surface area contributed by atoms with Crippen molar-refractivity contribution in [3.05, 3.63) is 10.4 Å². The molecule has 5 nitrogen and oxygen atoms in total. The zero-order valence-electron chi connectivity index (χ0n) is 6.81. The van der Waals surface area contributed by atoms with Crippen LogP contribution in [0.3, 0.4) is 0 Å². The monoisotopic (exact) mass is 157 g/mol. The average molecular weight is 157 g/mol. The van der Waals surface area contributed by atoms with Gasteiger partial charge in [0.05, 0.1) is 13.0 Å². The minimum Gasteiger partial charge on any atom is -0.469 e. The lowest BCUT2D eigenvalue weighted by Gasteiger charge is -2.11. The number of rotatable bonds is 3. The highest BCUT2D eigenvalue weighted by Crippen LogP contribution is 2.08. The second kappa shape index (κ2) is 4.57. The summed E-state index contributed by atoms with van der Waals surface area (Å²) in [5, 5.41) is 3.37. The van der Waals surface area contributed by atoms with Crippen LogP contribution in [0.15, 0.2) is 5.11 Å². The van der Waals surface area contributed by atoms with Crippen LogP contribution in [-0.4, -0.2) is 19.1 Å². The molecule has 0 bridgehead atoms. The van der Waals surface area contributed by atoms with Gasteiger partial charge in [-0.1, -0.05) is 19.0 Å². The molecule has 0 rings (SSSR count). The van der Waals surface area contributed by atoms with Crippen molar-refractivity contribution >= 4 is 5.97 Å². The Balaban J connectivity index is 4.11. The molecule has 0 saturated heterocycles. The lowest BCUT2D eigenvalue weighted by molar-refractivity contribution is -0.145. The number of esters is 1. The van der Waals surface area contributed by atoms with E-state index >= 15 is 0 Å². The molecule has 0 radical (unpaired) electrons. The van der Waals surface area contributed by atoms with Crippen molar-refractivity contribution in [1.82, 2.24) is 0 Å². The van der Waals surface area contributed by atoms with E-state index in [0.29, 0.717) is 0 Å². The maximum Gasteiger partial charge on any atom is 0.308 e. The lowest BCUT2D eigenvalue weighted by atomic mass is 10.1. The summed E-state index contributed by atoms with van der Waals surface area (Å²) in [6, 6.07) is -0.354. The minimum atomic E-state index is -0.379. The van der Waals surface area contributed by atoms with Crippen LogP contribution in [0.4, 0.5) is 0 Å². The van der Waals surface area contributed by atoms with Gasteiger partial charge in [-0.05, 0) is 5.53 Å². The normalized spacial score (nSPS) is 14.5. The Morgan fingerprint density at radius 3 is 2.55 bits per heavy atom. The molecule has 0 aromatic rings. The van der Waals surface area contributed by atoms with Gasteiger partial charge in [-0.15, -0.1) is 0 Å². The maximum atomic E-state index is 10.8. The molecule has 2 atom stereocenters. The van der Waals surface area contributed by atoms with Crippen LogP contribution >= 0.6 is 0 Å². The molecule has 0 heterocycles. The lowest BCUT2D eigenvalue weighted by Crippen LogP contribution is -2.22. The van der Waals surface area contributed by atoms with Gasteiger partial charge >= 0.3 is 5.97 Å². The third-order valence-electron chi connectivity index (χ3n) is 1.53. The van der Waals surface area contributed by atoms with E-state index in [9.17, 15) is 4.79 Å². The molecule has 0 N–H and O–H groups in total. The van der Waals surface area contributed by atoms with Gasteiger partial charge in [0.2, 0.25) is 0 Å². The molecule has 0 aromatic heterocycles. The van der Waals surface area contributed by atoms with E-state index in [2.05, 4.69) is 14.8 Å². The van der Waals surface area contributed by atoms with Crippen LogP contribution in [0.25, 0.3) is 10.4 Å². The summed E-state index contributed by atoms with van der Waals surface area (Å²) < 4.78 is 4.46. The number of methoxy groups -OCH3 is 1. The summed E-state index contributed by atoms with van der Waals surface area (Å²) in [6.45, 7) is 3.33. The number of azide groups is 1. The summed E-state index contributed by atoms with van der Waals surface area (Å²) in [7, 11) is 1.31. The molecule has 0 spiro atoms. The summed E-state index contributed by atoms with van der Waals surface area (Å²) in [4.78, 5) is 13.4. The maximum absolute atomic E-state index is 10.8. The Kier molecular flexibility index (Phi) is 4.07. The van der Waals surface area contributed by atoms with Crippen LogP contribution in [0.1, 0.15) is 13.8 Å². The zero-order valence-corrected chi connectivity index (χ0v) is 6.81. The Bertz CT molecular complexity index is 186. The van der Waals surface area contributed by atoms with E-state index in [-0.39, 0.29) is 17.9 Å². The van der Waals surface area contributed by atoms with E-state index in [1.165, 1.54) is 7.11 Å². The van der Waals surface area contributed by atoms with Gasteiger partial charge in [0, 0.05) is 11.0 Å². The van der Waals surface area contributed by atoms with E-state index in [1.807, 2.05) is 0 Å². The van der Waals surface area contributed by atoms with Gasteiger partial charge in [-0.2, -0.15) is 0 Å². The number of ether oxygens (including phenoxy) is 1. The van der Waals surface area contributed by atoms with Gasteiger partial charge < -0.3 is 4.74 Å². The molecule has 11 heavy (non-hydrogen) atoms. The van der Waals surface area contributed by atoms with Crippen molar-refractivity contribution in [2.45, 2.75) is 19.9 Å². The third-order valence-corrected chi connectivity index (χ3v) is 1.53. The largest absolute Gasteiger partial charge is 0.469 e. The van der Waals surface area contributed by atoms with Crippen LogP contribution in [0.2, 0.25) is 0 Å². The third kappa shape index (κ3) is 2.91. The zero-order chi connectivity index (χ0) is 8.85. The molecular formula is C6H11N3O2. The van der Waals surface area contributed by atoms with E-state index in [1.54, 1.807) is 13.8 Å². The van der Waals surface area contributed by atoms with E-state index in [4.69, 9.17) is 5.53 Å². The number of hydrogen-bond donors (Lipinski definition) is 0. The number of hydrogen-bond acceptors (Lipinski definition) is 3. The highest BCUT2D eigenvalue weighted by Gasteiger charge is 2.18. The molecule has 2 unspecified atom stereocenters. The van der Waals surface area contributed by atoms with Crippen molar-refractivity contribution in [3.8, 4) is 0 Å². The summed E-state index contributed by atoms with van der Waals surface area (Å²) in [5.41, 5.74) is 8.05. The first-order chi connectivity index (χ1) is 5.13. The van der Waals surface area contributed by atoms with Crippen molar-refractivity contribution < 1.29 is 9.53 Å². The first kappa shape index (κ1) is 9.78. The highest BCUT2D eigenvalue weighted by atomic mass is 16.5. The summed E-state index contributed by atoms with van der Waals surface area (Å²) >= 11 is 0. The molecule has 0 aliphatic heterocycles. The molecular weight excluding hydrogens is 146 g/mol. The van der Waals surface area contributed by atoms with Crippen molar-refractivity contribution in [2.75, 3.05) is 7.11 Å². The van der Waals surface area contributed by atoms with Crippen LogP contribution < -0.4 is 0 Å². The number of nitrogens with zero attached hydrogens (tertiary/aromatic N) is 3. The van der Waals surface area contributed by atoms with Gasteiger partial charge in [-0.3, -0.25) is 4.79 Å². The van der Waals surface area contributed by atoms with Gasteiger partial charge in [-0.25, -0.2) is 0 Å². The highest BCUT2D eigenvalue weighted by molar-refractivity contribution is 5.72. The fourth-order valence-corrected chi connectivity index (χ4v) is 0.564. The fraction of sp³-hybridized carbons (Fsp3) is 0.833. The molecule has 5 heteroatoms. The van der Waals surface area contributed by atoms with Crippen LogP contribution in [-0.2, 0) is 9.53 Å². The quantitative estimate of drug-likeness (QED) is 0.269. The Morgan fingerprint density at radius 1 is 1.64 bits per heavy atom. The average Bonchev–Trinajstić information content (AvgIpc) is 2.02. The van der Waals surface area contributed by atoms with Crippen LogP contribution in [0.5, 0.6) is 0 Å². The van der Waals surface area contributed by atoms with Crippen LogP contribution in [0, 0.1) is 5.92 Å². The molecule has 0 aliphatic carbocycles. The fourth-order valence-electron chi connectivity index (χ4n) is 0.564. The molecule has 0 amide bonds. The SMILES string of the molecule is COC(=O)C(C)C(C)N=[N+]=[N-]. The predicted molar refractivity (Wildman–Crippen MR) is 39.8 cm³/mol. The number of carbonyl (C=O) groups is 1. The molecule has 0 aromatic carbocycles. The standard InChI is InChI=1S/C6H11N3O2/c1-4(6(10)11-3)5(2)8-9-7/h4-5H,1-3H3. The van der Waals surface area contributed by atoms with Gasteiger partial charge in [0.25, 0.3) is 0 Å². The second-order valence-electron chi connectivity index (χ2n) is 2.26. The van der Waals surface area contributed by atoms with Crippen molar-refractivity contribution in [3.63, 3.8) is 0 Å². The Hall–Kier alpha value is -1.22. The van der Waals surface area contributed by atoms with Crippen molar-refractivity contribution in [2.24, 2.45) is 11.0 Å². The topological polar surface area (TPSA) is 75.1 Å². The predicted octanol–water partition coefficient (Wildman–Crippen LogP) is 1.49. The molecule has 0 saturated carbocycles. The molecule has 0 fully saturated rings. The van der Waals surface area contributed by atoms with Gasteiger partial charge in [0.1, 0.15) is 0 Å². The smallest absolute Gasteiger partial charge is 0.308 e. The first-order valence-corrected chi connectivity index (χ1v) is 3.25.